The van der Waals surface area contributed by atoms with Gasteiger partial charge in [0, 0.05) is 19.1 Å². The van der Waals surface area contributed by atoms with Crippen LogP contribution in [-0.2, 0) is 9.53 Å². The van der Waals surface area contributed by atoms with E-state index in [0.29, 0.717) is 12.6 Å². The molecule has 2 aliphatic rings. The smallest absolute Gasteiger partial charge is 0.232 e. The van der Waals surface area contributed by atoms with Crippen LogP contribution >= 0.6 is 12.6 Å². The van der Waals surface area contributed by atoms with Crippen molar-refractivity contribution in [3.8, 4) is 0 Å². The van der Waals surface area contributed by atoms with Crippen LogP contribution in [0.2, 0.25) is 0 Å². The number of rotatable bonds is 3. The van der Waals surface area contributed by atoms with Crippen molar-refractivity contribution in [3.05, 3.63) is 0 Å². The van der Waals surface area contributed by atoms with E-state index in [4.69, 9.17) is 4.74 Å². The highest BCUT2D eigenvalue weighted by molar-refractivity contribution is 7.81. The molecule has 3 atom stereocenters. The molecule has 0 aliphatic carbocycles. The third kappa shape index (κ3) is 2.90. The molecule has 2 aliphatic heterocycles. The van der Waals surface area contributed by atoms with Crippen LogP contribution < -0.4 is 5.32 Å². The molecule has 16 heavy (non-hydrogen) atoms. The maximum absolute atomic E-state index is 11.4. The number of thiol groups is 1. The van der Waals surface area contributed by atoms with E-state index >= 15 is 0 Å². The molecule has 0 radical (unpaired) electrons. The number of carbonyl (C=O) groups excluding carboxylic acids is 1. The van der Waals surface area contributed by atoms with Crippen LogP contribution in [0, 0.1) is 0 Å². The summed E-state index contributed by atoms with van der Waals surface area (Å²) in [5, 5.41) is 2.62. The number of fused-ring (bicyclic) bond motifs is 1. The minimum absolute atomic E-state index is 0.0181. The molecule has 4 nitrogen and oxygen atoms in total. The van der Waals surface area contributed by atoms with Crippen molar-refractivity contribution in [1.29, 1.82) is 0 Å². The number of nitrogens with one attached hydrogen (secondary N) is 1. The van der Waals surface area contributed by atoms with Crippen LogP contribution in [0.5, 0.6) is 0 Å². The lowest BCUT2D eigenvalue weighted by Crippen LogP contribution is -2.50. The van der Waals surface area contributed by atoms with Gasteiger partial charge in [-0.15, -0.1) is 0 Å². The van der Waals surface area contributed by atoms with Crippen molar-refractivity contribution in [3.63, 3.8) is 0 Å². The standard InChI is InChI=1S/C11H20N2O2S/c1-8(16)11(14)12-5-10-6-13-4-2-3-9(13)7-15-10/h8-10,16H,2-7H2,1H3,(H,12,14). The predicted molar refractivity (Wildman–Crippen MR) is 65.8 cm³/mol. The van der Waals surface area contributed by atoms with E-state index in [1.54, 1.807) is 6.92 Å². The summed E-state index contributed by atoms with van der Waals surface area (Å²) < 4.78 is 5.74. The summed E-state index contributed by atoms with van der Waals surface area (Å²) in [4.78, 5) is 13.8. The lowest BCUT2D eigenvalue weighted by molar-refractivity contribution is -0.121. The van der Waals surface area contributed by atoms with Gasteiger partial charge in [-0.25, -0.2) is 0 Å². The van der Waals surface area contributed by atoms with Gasteiger partial charge in [0.05, 0.1) is 18.0 Å². The van der Waals surface area contributed by atoms with Gasteiger partial charge in [0.15, 0.2) is 0 Å². The number of amides is 1. The number of carbonyl (C=O) groups is 1. The van der Waals surface area contributed by atoms with Crippen molar-refractivity contribution in [2.45, 2.75) is 37.2 Å². The van der Waals surface area contributed by atoms with Gasteiger partial charge in [0.25, 0.3) is 0 Å². The summed E-state index contributed by atoms with van der Waals surface area (Å²) in [7, 11) is 0. The Bertz CT molecular complexity index is 260. The van der Waals surface area contributed by atoms with Crippen LogP contribution in [0.1, 0.15) is 19.8 Å². The molecular weight excluding hydrogens is 224 g/mol. The van der Waals surface area contributed by atoms with E-state index in [1.165, 1.54) is 19.4 Å². The molecule has 0 aromatic heterocycles. The Kier molecular flexibility index (Phi) is 4.10. The number of nitrogens with zero attached hydrogens (tertiary/aromatic N) is 1. The van der Waals surface area contributed by atoms with E-state index in [9.17, 15) is 4.79 Å². The van der Waals surface area contributed by atoms with Crippen molar-refractivity contribution in [1.82, 2.24) is 10.2 Å². The average molecular weight is 244 g/mol. The van der Waals surface area contributed by atoms with Crippen LogP contribution in [0.25, 0.3) is 0 Å². The second-order valence-corrected chi connectivity index (χ2v) is 5.44. The van der Waals surface area contributed by atoms with Gasteiger partial charge >= 0.3 is 0 Å². The molecule has 1 N–H and O–H groups in total. The van der Waals surface area contributed by atoms with Crippen LogP contribution in [0.15, 0.2) is 0 Å². The van der Waals surface area contributed by atoms with Crippen molar-refractivity contribution in [2.75, 3.05) is 26.2 Å². The molecule has 0 saturated carbocycles. The summed E-state index contributed by atoms with van der Waals surface area (Å²) in [6.07, 6.45) is 2.68. The van der Waals surface area contributed by atoms with E-state index in [-0.39, 0.29) is 17.3 Å². The molecule has 0 bridgehead atoms. The molecule has 1 amide bonds. The Labute approximate surface area is 102 Å². The maximum Gasteiger partial charge on any atom is 0.232 e. The fraction of sp³-hybridized carbons (Fsp3) is 0.909. The summed E-state index contributed by atoms with van der Waals surface area (Å²) >= 11 is 4.09. The SMILES string of the molecule is CC(S)C(=O)NCC1CN2CCCC2CO1. The normalized spacial score (nSPS) is 32.1. The Balaban J connectivity index is 1.73. The largest absolute Gasteiger partial charge is 0.373 e. The molecule has 2 rings (SSSR count). The highest BCUT2D eigenvalue weighted by Gasteiger charge is 2.32. The molecule has 92 valence electrons. The zero-order valence-corrected chi connectivity index (χ0v) is 10.6. The van der Waals surface area contributed by atoms with Crippen LogP contribution in [0.4, 0.5) is 0 Å². The minimum atomic E-state index is -0.247. The zero-order valence-electron chi connectivity index (χ0n) is 9.69. The highest BCUT2D eigenvalue weighted by Crippen LogP contribution is 2.22. The Morgan fingerprint density at radius 1 is 1.69 bits per heavy atom. The topological polar surface area (TPSA) is 41.6 Å². The molecule has 2 saturated heterocycles. The van der Waals surface area contributed by atoms with E-state index in [0.717, 1.165) is 13.2 Å². The first-order valence-electron chi connectivity index (χ1n) is 5.98. The zero-order chi connectivity index (χ0) is 11.5. The first-order valence-corrected chi connectivity index (χ1v) is 6.50. The highest BCUT2D eigenvalue weighted by atomic mass is 32.1. The molecule has 2 fully saturated rings. The van der Waals surface area contributed by atoms with Crippen molar-refractivity contribution in [2.24, 2.45) is 0 Å². The van der Waals surface area contributed by atoms with Gasteiger partial charge < -0.3 is 10.1 Å². The number of hydrogen-bond acceptors (Lipinski definition) is 4. The van der Waals surface area contributed by atoms with Gasteiger partial charge in [-0.3, -0.25) is 9.69 Å². The molecule has 0 spiro atoms. The van der Waals surface area contributed by atoms with Gasteiger partial charge in [-0.05, 0) is 26.3 Å². The number of ether oxygens (including phenoxy) is 1. The van der Waals surface area contributed by atoms with Gasteiger partial charge in [0.2, 0.25) is 5.91 Å². The summed E-state index contributed by atoms with van der Waals surface area (Å²) in [5.74, 6) is -0.0181. The lowest BCUT2D eigenvalue weighted by atomic mass is 10.2. The first kappa shape index (κ1) is 12.2. The molecule has 0 aromatic rings. The third-order valence-corrected chi connectivity index (χ3v) is 3.58. The lowest BCUT2D eigenvalue weighted by Gasteiger charge is -2.35. The van der Waals surface area contributed by atoms with Gasteiger partial charge in [-0.2, -0.15) is 12.6 Å². The molecule has 5 heteroatoms. The first-order chi connectivity index (χ1) is 7.66. The summed E-state index contributed by atoms with van der Waals surface area (Å²) in [6.45, 7) is 5.33. The van der Waals surface area contributed by atoms with Crippen LogP contribution in [0.3, 0.4) is 0 Å². The van der Waals surface area contributed by atoms with Crippen molar-refractivity contribution < 1.29 is 9.53 Å². The van der Waals surface area contributed by atoms with Gasteiger partial charge in [0.1, 0.15) is 0 Å². The Hall–Kier alpha value is -0.260. The Morgan fingerprint density at radius 3 is 3.25 bits per heavy atom. The third-order valence-electron chi connectivity index (χ3n) is 3.34. The van der Waals surface area contributed by atoms with Gasteiger partial charge in [-0.1, -0.05) is 0 Å². The molecule has 3 unspecified atom stereocenters. The van der Waals surface area contributed by atoms with Crippen LogP contribution in [-0.4, -0.2) is 54.4 Å². The summed E-state index contributed by atoms with van der Waals surface area (Å²) in [5.41, 5.74) is 0. The predicted octanol–water partition coefficient (Wildman–Crippen LogP) is 0.284. The maximum atomic E-state index is 11.4. The fourth-order valence-corrected chi connectivity index (χ4v) is 2.46. The minimum Gasteiger partial charge on any atom is -0.373 e. The number of morpholine rings is 1. The number of hydrogen-bond donors (Lipinski definition) is 2. The molecular formula is C11H20N2O2S. The second-order valence-electron chi connectivity index (χ2n) is 4.67. The average Bonchev–Trinajstić information content (AvgIpc) is 2.72. The Morgan fingerprint density at radius 2 is 2.50 bits per heavy atom. The quantitative estimate of drug-likeness (QED) is 0.701. The van der Waals surface area contributed by atoms with E-state index in [1.807, 2.05) is 0 Å². The fourth-order valence-electron chi connectivity index (χ4n) is 2.37. The monoisotopic (exact) mass is 244 g/mol. The summed E-state index contributed by atoms with van der Waals surface area (Å²) in [6, 6.07) is 0.621. The van der Waals surface area contributed by atoms with E-state index < -0.39 is 0 Å². The molecule has 0 aromatic carbocycles. The van der Waals surface area contributed by atoms with E-state index in [2.05, 4.69) is 22.8 Å². The molecule has 2 heterocycles. The second kappa shape index (κ2) is 5.38. The van der Waals surface area contributed by atoms with Crippen molar-refractivity contribution >= 4 is 18.5 Å².